The Labute approximate surface area is 89.9 Å². The molecule has 4 nitrogen and oxygen atoms in total. The van der Waals surface area contributed by atoms with Crippen LogP contribution in [0.25, 0.3) is 0 Å². The number of carbonyl (C=O) groups excluding carboxylic acids is 1. The van der Waals surface area contributed by atoms with E-state index in [1.165, 1.54) is 0 Å². The van der Waals surface area contributed by atoms with Crippen molar-refractivity contribution < 1.29 is 4.79 Å². The van der Waals surface area contributed by atoms with Crippen molar-refractivity contribution in [2.45, 2.75) is 19.9 Å². The van der Waals surface area contributed by atoms with Gasteiger partial charge in [0.05, 0.1) is 0 Å². The van der Waals surface area contributed by atoms with Crippen LogP contribution < -0.4 is 11.1 Å². The molecule has 0 aliphatic heterocycles. The van der Waals surface area contributed by atoms with Gasteiger partial charge in [-0.1, -0.05) is 13.8 Å². The SMILES string of the molecule is CC(C)C(N)CNC(=O)c1ccncc1. The number of nitrogens with two attached hydrogens (primary N) is 1. The lowest BCUT2D eigenvalue weighted by Gasteiger charge is -2.15. The molecule has 4 heteroatoms. The van der Waals surface area contributed by atoms with Crippen molar-refractivity contribution in [3.8, 4) is 0 Å². The van der Waals surface area contributed by atoms with E-state index >= 15 is 0 Å². The second kappa shape index (κ2) is 5.46. The van der Waals surface area contributed by atoms with E-state index in [9.17, 15) is 4.79 Å². The Morgan fingerprint density at radius 3 is 2.60 bits per heavy atom. The molecule has 82 valence electrons. The van der Waals surface area contributed by atoms with Gasteiger partial charge in [0.2, 0.25) is 0 Å². The highest BCUT2D eigenvalue weighted by molar-refractivity contribution is 5.93. The Hall–Kier alpha value is -1.42. The average Bonchev–Trinajstić information content (AvgIpc) is 2.26. The molecule has 0 saturated heterocycles. The highest BCUT2D eigenvalue weighted by Crippen LogP contribution is 1.98. The molecule has 1 rings (SSSR count). The van der Waals surface area contributed by atoms with E-state index in [0.29, 0.717) is 18.0 Å². The predicted octanol–water partition coefficient (Wildman–Crippen LogP) is 0.795. The second-order valence-corrected chi connectivity index (χ2v) is 3.85. The maximum absolute atomic E-state index is 11.6. The summed E-state index contributed by atoms with van der Waals surface area (Å²) in [4.78, 5) is 15.4. The normalized spacial score (nSPS) is 12.5. The van der Waals surface area contributed by atoms with Crippen LogP contribution in [0.2, 0.25) is 0 Å². The van der Waals surface area contributed by atoms with Crippen molar-refractivity contribution >= 4 is 5.91 Å². The number of hydrogen-bond donors (Lipinski definition) is 2. The van der Waals surface area contributed by atoms with Gasteiger partial charge in [0, 0.05) is 30.5 Å². The van der Waals surface area contributed by atoms with Gasteiger partial charge in [-0.3, -0.25) is 9.78 Å². The fourth-order valence-corrected chi connectivity index (χ4v) is 1.05. The molecule has 0 aliphatic carbocycles. The number of aromatic nitrogens is 1. The Morgan fingerprint density at radius 1 is 1.47 bits per heavy atom. The molecule has 0 bridgehead atoms. The highest BCUT2D eigenvalue weighted by Gasteiger charge is 2.10. The van der Waals surface area contributed by atoms with Crippen LogP contribution in [0.5, 0.6) is 0 Å². The molecule has 0 spiro atoms. The Balaban J connectivity index is 2.44. The first-order valence-corrected chi connectivity index (χ1v) is 5.05. The van der Waals surface area contributed by atoms with E-state index in [4.69, 9.17) is 5.73 Å². The van der Waals surface area contributed by atoms with Crippen LogP contribution in [-0.4, -0.2) is 23.5 Å². The van der Waals surface area contributed by atoms with Crippen molar-refractivity contribution in [3.05, 3.63) is 30.1 Å². The fourth-order valence-electron chi connectivity index (χ4n) is 1.05. The zero-order valence-electron chi connectivity index (χ0n) is 9.10. The zero-order chi connectivity index (χ0) is 11.3. The molecule has 1 aromatic rings. The summed E-state index contributed by atoms with van der Waals surface area (Å²) >= 11 is 0. The van der Waals surface area contributed by atoms with Crippen LogP contribution >= 0.6 is 0 Å². The van der Waals surface area contributed by atoms with Crippen LogP contribution in [0.1, 0.15) is 24.2 Å². The molecule has 1 atom stereocenters. The maximum Gasteiger partial charge on any atom is 0.251 e. The van der Waals surface area contributed by atoms with Crippen LogP contribution in [0.15, 0.2) is 24.5 Å². The Bertz CT molecular complexity index is 311. The third-order valence-corrected chi connectivity index (χ3v) is 2.30. The van der Waals surface area contributed by atoms with E-state index in [2.05, 4.69) is 10.3 Å². The first kappa shape index (κ1) is 11.7. The topological polar surface area (TPSA) is 68.0 Å². The summed E-state index contributed by atoms with van der Waals surface area (Å²) in [5.41, 5.74) is 6.43. The van der Waals surface area contributed by atoms with Crippen LogP contribution in [-0.2, 0) is 0 Å². The average molecular weight is 207 g/mol. The summed E-state index contributed by atoms with van der Waals surface area (Å²) in [6.45, 7) is 4.56. The second-order valence-electron chi connectivity index (χ2n) is 3.85. The summed E-state index contributed by atoms with van der Waals surface area (Å²) in [5, 5.41) is 2.79. The van der Waals surface area contributed by atoms with Gasteiger partial charge >= 0.3 is 0 Å². The third kappa shape index (κ3) is 3.67. The van der Waals surface area contributed by atoms with Crippen molar-refractivity contribution in [1.82, 2.24) is 10.3 Å². The Morgan fingerprint density at radius 2 is 2.07 bits per heavy atom. The smallest absolute Gasteiger partial charge is 0.251 e. The molecule has 1 heterocycles. The van der Waals surface area contributed by atoms with Crippen LogP contribution in [0, 0.1) is 5.92 Å². The first-order valence-electron chi connectivity index (χ1n) is 5.05. The van der Waals surface area contributed by atoms with E-state index in [-0.39, 0.29) is 11.9 Å². The van der Waals surface area contributed by atoms with E-state index in [1.54, 1.807) is 24.5 Å². The lowest BCUT2D eigenvalue weighted by atomic mass is 10.1. The monoisotopic (exact) mass is 207 g/mol. The van der Waals surface area contributed by atoms with Gasteiger partial charge in [0.1, 0.15) is 0 Å². The molecule has 3 N–H and O–H groups in total. The summed E-state index contributed by atoms with van der Waals surface area (Å²) in [7, 11) is 0. The minimum absolute atomic E-state index is 0.00390. The van der Waals surface area contributed by atoms with Crippen LogP contribution in [0.3, 0.4) is 0 Å². The van der Waals surface area contributed by atoms with Crippen molar-refractivity contribution in [2.75, 3.05) is 6.54 Å². The van der Waals surface area contributed by atoms with Gasteiger partial charge in [-0.15, -0.1) is 0 Å². The minimum Gasteiger partial charge on any atom is -0.350 e. The quantitative estimate of drug-likeness (QED) is 0.767. The predicted molar refractivity (Wildman–Crippen MR) is 59.4 cm³/mol. The minimum atomic E-state index is -0.103. The van der Waals surface area contributed by atoms with Crippen LogP contribution in [0.4, 0.5) is 0 Å². The van der Waals surface area contributed by atoms with E-state index in [0.717, 1.165) is 0 Å². The van der Waals surface area contributed by atoms with Crippen molar-refractivity contribution in [1.29, 1.82) is 0 Å². The lowest BCUT2D eigenvalue weighted by Crippen LogP contribution is -2.40. The number of nitrogens with one attached hydrogen (secondary N) is 1. The molecule has 1 aromatic heterocycles. The maximum atomic E-state index is 11.6. The van der Waals surface area contributed by atoms with Gasteiger partial charge in [-0.05, 0) is 18.1 Å². The number of amides is 1. The third-order valence-electron chi connectivity index (χ3n) is 2.30. The molecule has 1 amide bonds. The molecule has 0 saturated carbocycles. The standard InChI is InChI=1S/C11H17N3O/c1-8(2)10(12)7-14-11(15)9-3-5-13-6-4-9/h3-6,8,10H,7,12H2,1-2H3,(H,14,15). The summed E-state index contributed by atoms with van der Waals surface area (Å²) in [6, 6.07) is 3.35. The number of carbonyl (C=O) groups is 1. The zero-order valence-corrected chi connectivity index (χ0v) is 9.10. The van der Waals surface area contributed by atoms with Gasteiger partial charge in [-0.2, -0.15) is 0 Å². The summed E-state index contributed by atoms with van der Waals surface area (Å²) in [6.07, 6.45) is 3.19. The van der Waals surface area contributed by atoms with Crippen molar-refractivity contribution in [3.63, 3.8) is 0 Å². The molecule has 0 aromatic carbocycles. The molecule has 15 heavy (non-hydrogen) atoms. The largest absolute Gasteiger partial charge is 0.350 e. The molecular weight excluding hydrogens is 190 g/mol. The summed E-state index contributed by atoms with van der Waals surface area (Å²) in [5.74, 6) is 0.260. The van der Waals surface area contributed by atoms with Gasteiger partial charge in [0.25, 0.3) is 5.91 Å². The van der Waals surface area contributed by atoms with Crippen molar-refractivity contribution in [2.24, 2.45) is 11.7 Å². The number of nitrogens with zero attached hydrogens (tertiary/aromatic N) is 1. The molecular formula is C11H17N3O. The van der Waals surface area contributed by atoms with Gasteiger partial charge in [-0.25, -0.2) is 0 Å². The molecule has 0 radical (unpaired) electrons. The fraction of sp³-hybridized carbons (Fsp3) is 0.455. The van der Waals surface area contributed by atoms with E-state index < -0.39 is 0 Å². The Kier molecular flexibility index (Phi) is 4.24. The van der Waals surface area contributed by atoms with E-state index in [1.807, 2.05) is 13.8 Å². The molecule has 1 unspecified atom stereocenters. The van der Waals surface area contributed by atoms with Gasteiger partial charge < -0.3 is 11.1 Å². The lowest BCUT2D eigenvalue weighted by molar-refractivity contribution is 0.0949. The summed E-state index contributed by atoms with van der Waals surface area (Å²) < 4.78 is 0. The number of rotatable bonds is 4. The number of pyridine rings is 1. The number of hydrogen-bond acceptors (Lipinski definition) is 3. The van der Waals surface area contributed by atoms with Gasteiger partial charge in [0.15, 0.2) is 0 Å². The highest BCUT2D eigenvalue weighted by atomic mass is 16.1. The molecule has 0 fully saturated rings. The molecule has 0 aliphatic rings. The first-order chi connectivity index (χ1) is 7.11.